The molecule has 1 aliphatic rings. The summed E-state index contributed by atoms with van der Waals surface area (Å²) >= 11 is 1.33. The number of nitriles is 3. The Morgan fingerprint density at radius 3 is 2.09 bits per heavy atom. The van der Waals surface area contributed by atoms with Gasteiger partial charge in [0.1, 0.15) is 29.4 Å². The van der Waals surface area contributed by atoms with Gasteiger partial charge in [-0.1, -0.05) is 32.8 Å². The molecule has 242 valence electrons. The Labute approximate surface area is 274 Å². The summed E-state index contributed by atoms with van der Waals surface area (Å²) in [7, 11) is 0. The second kappa shape index (κ2) is 17.7. The van der Waals surface area contributed by atoms with Crippen LogP contribution in [0.25, 0.3) is 6.08 Å². The van der Waals surface area contributed by atoms with Crippen LogP contribution in [0.5, 0.6) is 11.5 Å². The highest BCUT2D eigenvalue weighted by Gasteiger charge is 2.38. The van der Waals surface area contributed by atoms with E-state index in [4.69, 9.17) is 14.2 Å². The number of ether oxygens (including phenoxy) is 3. The second-order valence-electron chi connectivity index (χ2n) is 10.8. The van der Waals surface area contributed by atoms with E-state index in [1.165, 1.54) is 11.3 Å². The van der Waals surface area contributed by atoms with Crippen molar-refractivity contribution in [2.45, 2.75) is 59.0 Å². The number of aliphatic hydroxyl groups excluding tert-OH is 2. The second-order valence-corrected chi connectivity index (χ2v) is 11.8. The molecule has 0 spiro atoms. The third-order valence-electron chi connectivity index (χ3n) is 7.00. The highest BCUT2D eigenvalue weighted by atomic mass is 32.1. The average molecular weight is 645 g/mol. The molecule has 0 saturated carbocycles. The molecule has 0 unspecified atom stereocenters. The van der Waals surface area contributed by atoms with Crippen molar-refractivity contribution in [1.29, 1.82) is 15.8 Å². The minimum Gasteiger partial charge on any atom is -0.488 e. The van der Waals surface area contributed by atoms with Gasteiger partial charge in [0.2, 0.25) is 5.75 Å². The monoisotopic (exact) mass is 644 g/mol. The maximum atomic E-state index is 9.95. The largest absolute Gasteiger partial charge is 0.488 e. The molecule has 0 atom stereocenters. The van der Waals surface area contributed by atoms with E-state index in [1.807, 2.05) is 47.4 Å². The van der Waals surface area contributed by atoms with E-state index in [0.29, 0.717) is 58.9 Å². The molecule has 2 N–H and O–H groups in total. The Kier molecular flexibility index (Phi) is 13.8. The zero-order valence-electron chi connectivity index (χ0n) is 26.7. The van der Waals surface area contributed by atoms with Crippen LogP contribution < -0.4 is 14.4 Å². The third kappa shape index (κ3) is 8.95. The molecule has 2 aromatic rings. The van der Waals surface area contributed by atoms with Crippen LogP contribution in [0.3, 0.4) is 0 Å². The SMILES string of the molecule is CCCCOc1c(/C=C/C2=C(C#N)C(=C(C#N)C#N)OC2(C)C)sc(N=Nc2ccc(N(CCO)CCO)cc2)c1OCCCC. The lowest BCUT2D eigenvalue weighted by atomic mass is 9.94. The molecule has 0 bridgehead atoms. The predicted molar refractivity (Wildman–Crippen MR) is 177 cm³/mol. The number of thiophene rings is 1. The summed E-state index contributed by atoms with van der Waals surface area (Å²) in [6, 6.07) is 13.1. The van der Waals surface area contributed by atoms with Gasteiger partial charge in [0, 0.05) is 24.4 Å². The first kappa shape index (κ1) is 35.8. The van der Waals surface area contributed by atoms with Crippen molar-refractivity contribution < 1.29 is 24.4 Å². The standard InChI is InChI=1S/C34H40N6O5S/c1-5-7-19-43-31-29(14-13-28-27(23-37)30(24(21-35)22-36)45-34(28,3)4)46-33(32(31)44-20-8-6-2)39-38-25-9-11-26(12-10-25)40(15-17-41)16-18-42/h9-14,41-42H,5-8,15-20H2,1-4H3/b14-13+,39-38?. The van der Waals surface area contributed by atoms with Gasteiger partial charge in [0.05, 0.1) is 37.0 Å². The Morgan fingerprint density at radius 1 is 0.935 bits per heavy atom. The van der Waals surface area contributed by atoms with Gasteiger partial charge >= 0.3 is 0 Å². The fourth-order valence-electron chi connectivity index (χ4n) is 4.57. The molecular formula is C34H40N6O5S. The lowest BCUT2D eigenvalue weighted by Gasteiger charge is -2.22. The van der Waals surface area contributed by atoms with Gasteiger partial charge in [0.25, 0.3) is 0 Å². The summed E-state index contributed by atoms with van der Waals surface area (Å²) in [5.74, 6) is 0.989. The van der Waals surface area contributed by atoms with Crippen molar-refractivity contribution in [2.75, 3.05) is 44.4 Å². The molecule has 0 fully saturated rings. The quantitative estimate of drug-likeness (QED) is 0.102. The molecule has 12 heteroatoms. The highest BCUT2D eigenvalue weighted by Crippen LogP contribution is 2.50. The van der Waals surface area contributed by atoms with Gasteiger partial charge < -0.3 is 29.3 Å². The van der Waals surface area contributed by atoms with Gasteiger partial charge in [-0.25, -0.2) is 0 Å². The summed E-state index contributed by atoms with van der Waals surface area (Å²) in [5.41, 5.74) is 0.881. The molecular weight excluding hydrogens is 604 g/mol. The molecule has 1 aromatic heterocycles. The van der Waals surface area contributed by atoms with Crippen LogP contribution in [0.4, 0.5) is 16.4 Å². The summed E-state index contributed by atoms with van der Waals surface area (Å²) in [6.07, 6.45) is 7.12. The number of nitrogens with zero attached hydrogens (tertiary/aromatic N) is 6. The van der Waals surface area contributed by atoms with Crippen LogP contribution in [0.1, 0.15) is 58.3 Å². The first-order valence-electron chi connectivity index (χ1n) is 15.3. The lowest BCUT2D eigenvalue weighted by molar-refractivity contribution is 0.0954. The van der Waals surface area contributed by atoms with Crippen molar-refractivity contribution in [2.24, 2.45) is 10.2 Å². The number of rotatable bonds is 17. The van der Waals surface area contributed by atoms with E-state index < -0.39 is 5.60 Å². The van der Waals surface area contributed by atoms with Crippen molar-refractivity contribution in [1.82, 2.24) is 0 Å². The maximum Gasteiger partial charge on any atom is 0.200 e. The maximum absolute atomic E-state index is 9.95. The van der Waals surface area contributed by atoms with E-state index in [0.717, 1.165) is 31.4 Å². The van der Waals surface area contributed by atoms with Gasteiger partial charge in [0.15, 0.2) is 22.1 Å². The molecule has 1 aliphatic heterocycles. The van der Waals surface area contributed by atoms with E-state index >= 15 is 0 Å². The summed E-state index contributed by atoms with van der Waals surface area (Å²) in [4.78, 5) is 2.58. The minimum absolute atomic E-state index is 0.0253. The van der Waals surface area contributed by atoms with Crippen LogP contribution in [0.15, 0.2) is 63.0 Å². The van der Waals surface area contributed by atoms with Crippen molar-refractivity contribution in [3.05, 3.63) is 57.7 Å². The first-order chi connectivity index (χ1) is 22.3. The predicted octanol–water partition coefficient (Wildman–Crippen LogP) is 7.26. The number of benzene rings is 1. The number of anilines is 1. The molecule has 0 aliphatic carbocycles. The van der Waals surface area contributed by atoms with Crippen LogP contribution in [-0.4, -0.2) is 55.3 Å². The van der Waals surface area contributed by atoms with Gasteiger partial charge in [-0.05, 0) is 57.0 Å². The zero-order chi connectivity index (χ0) is 33.5. The van der Waals surface area contributed by atoms with E-state index in [2.05, 4.69) is 30.1 Å². The minimum atomic E-state index is -0.963. The fourth-order valence-corrected chi connectivity index (χ4v) is 5.48. The average Bonchev–Trinajstić information content (AvgIpc) is 3.51. The molecule has 0 amide bonds. The number of azo groups is 1. The first-order valence-corrected chi connectivity index (χ1v) is 16.1. The molecule has 0 radical (unpaired) electrons. The molecule has 1 aromatic carbocycles. The Bertz CT molecular complexity index is 1560. The van der Waals surface area contributed by atoms with E-state index in [-0.39, 0.29) is 30.1 Å². The lowest BCUT2D eigenvalue weighted by Crippen LogP contribution is -2.29. The number of allylic oxidation sites excluding steroid dienone is 2. The summed E-state index contributed by atoms with van der Waals surface area (Å²) < 4.78 is 18.4. The number of hydrogen-bond acceptors (Lipinski definition) is 12. The normalized spacial score (nSPS) is 13.8. The zero-order valence-corrected chi connectivity index (χ0v) is 27.6. The van der Waals surface area contributed by atoms with Crippen molar-refractivity contribution in [3.8, 4) is 29.7 Å². The third-order valence-corrected chi connectivity index (χ3v) is 8.00. The number of unbranched alkanes of at least 4 members (excludes halogenated alkanes) is 2. The molecule has 0 saturated heterocycles. The molecule has 2 heterocycles. The topological polar surface area (TPSA) is 167 Å². The molecule has 11 nitrogen and oxygen atoms in total. The van der Waals surface area contributed by atoms with Gasteiger partial charge in [-0.2, -0.15) is 15.8 Å². The Morgan fingerprint density at radius 2 is 1.54 bits per heavy atom. The van der Waals surface area contributed by atoms with Gasteiger partial charge in [-0.3, -0.25) is 0 Å². The van der Waals surface area contributed by atoms with Crippen LogP contribution in [0, 0.1) is 34.0 Å². The van der Waals surface area contributed by atoms with Crippen molar-refractivity contribution in [3.63, 3.8) is 0 Å². The van der Waals surface area contributed by atoms with Crippen LogP contribution in [0.2, 0.25) is 0 Å². The van der Waals surface area contributed by atoms with Gasteiger partial charge in [-0.15, -0.1) is 21.6 Å². The molecule has 3 rings (SSSR count). The van der Waals surface area contributed by atoms with E-state index in [9.17, 15) is 26.0 Å². The van der Waals surface area contributed by atoms with Crippen LogP contribution in [-0.2, 0) is 4.74 Å². The number of aliphatic hydroxyl groups is 2. The summed E-state index contributed by atoms with van der Waals surface area (Å²) in [6.45, 7) is 9.37. The van der Waals surface area contributed by atoms with E-state index in [1.54, 1.807) is 19.9 Å². The Balaban J connectivity index is 2.08. The fraction of sp³-hybridized carbons (Fsp3) is 0.441. The number of hydrogen-bond donors (Lipinski definition) is 2. The molecule has 46 heavy (non-hydrogen) atoms. The van der Waals surface area contributed by atoms with Crippen LogP contribution >= 0.6 is 11.3 Å². The Hall–Kier alpha value is -4.67. The van der Waals surface area contributed by atoms with Crippen molar-refractivity contribution >= 4 is 33.8 Å². The smallest absolute Gasteiger partial charge is 0.200 e. The summed E-state index contributed by atoms with van der Waals surface area (Å²) in [5, 5.41) is 57.0. The highest BCUT2D eigenvalue weighted by molar-refractivity contribution is 7.17.